The summed E-state index contributed by atoms with van der Waals surface area (Å²) in [5.41, 5.74) is 9.43. The summed E-state index contributed by atoms with van der Waals surface area (Å²) < 4.78 is 33.2. The van der Waals surface area contributed by atoms with Crippen molar-refractivity contribution in [2.75, 3.05) is 11.5 Å². The Morgan fingerprint density at radius 3 is 2.48 bits per heavy atom. The van der Waals surface area contributed by atoms with Gasteiger partial charge in [0.25, 0.3) is 5.56 Å². The van der Waals surface area contributed by atoms with Crippen molar-refractivity contribution in [3.63, 3.8) is 0 Å². The summed E-state index contributed by atoms with van der Waals surface area (Å²) in [7, 11) is -4.72. The Kier molecular flexibility index (Phi) is 3.69. The highest BCUT2D eigenvalue weighted by molar-refractivity contribution is 7.85. The van der Waals surface area contributed by atoms with Crippen LogP contribution in [-0.4, -0.2) is 22.9 Å². The Bertz CT molecular complexity index is 873. The van der Waals surface area contributed by atoms with E-state index in [1.165, 1.54) is 18.2 Å². The van der Waals surface area contributed by atoms with Crippen molar-refractivity contribution in [2.24, 2.45) is 10.2 Å². The van der Waals surface area contributed by atoms with E-state index < -0.39 is 20.6 Å². The van der Waals surface area contributed by atoms with Gasteiger partial charge < -0.3 is 16.0 Å². The number of azo groups is 1. The molecule has 1 aromatic carbocycles. The first-order chi connectivity index (χ1) is 9.79. The van der Waals surface area contributed by atoms with Gasteiger partial charge in [-0.3, -0.25) is 9.78 Å². The summed E-state index contributed by atoms with van der Waals surface area (Å²) in [6, 6.07) is 5.14. The topological polar surface area (TPSA) is 180 Å². The molecule has 1 aromatic heterocycles. The third-order valence-corrected chi connectivity index (χ3v) is 3.22. The van der Waals surface area contributed by atoms with Gasteiger partial charge >= 0.3 is 0 Å². The fourth-order valence-corrected chi connectivity index (χ4v) is 2.06. The summed E-state index contributed by atoms with van der Waals surface area (Å²) in [5, 5.41) is 7.08. The van der Waals surface area contributed by atoms with Crippen molar-refractivity contribution in [2.45, 2.75) is 4.90 Å². The van der Waals surface area contributed by atoms with Crippen LogP contribution in [0.15, 0.2) is 44.2 Å². The van der Waals surface area contributed by atoms with E-state index in [-0.39, 0.29) is 23.1 Å². The lowest BCUT2D eigenvalue weighted by Crippen LogP contribution is -2.12. The molecule has 5 N–H and O–H groups in total. The SMILES string of the molecule is Nc1nc(N)c(N=Nc2ccccc2S(=O)(=O)[O-])c(=O)[nH]1. The number of nitrogens with one attached hydrogen (secondary N) is 1. The van der Waals surface area contributed by atoms with E-state index in [9.17, 15) is 17.8 Å². The van der Waals surface area contributed by atoms with Gasteiger partial charge in [-0.1, -0.05) is 12.1 Å². The summed E-state index contributed by atoms with van der Waals surface area (Å²) in [4.78, 5) is 16.8. The molecule has 11 heteroatoms. The van der Waals surface area contributed by atoms with Gasteiger partial charge in [0.05, 0.1) is 4.90 Å². The summed E-state index contributed by atoms with van der Waals surface area (Å²) >= 11 is 0. The normalized spacial score (nSPS) is 11.9. The first-order valence-corrected chi connectivity index (χ1v) is 6.82. The molecule has 1 heterocycles. The van der Waals surface area contributed by atoms with Crippen LogP contribution in [-0.2, 0) is 10.1 Å². The standard InChI is InChI=1S/C10H10N6O4S/c11-8-7(9(17)14-10(12)13-8)16-15-5-3-1-2-4-6(5)21(18,19)20/h1-4H,(H,18,19,20)(H5,11,12,13,14,17)/p-1. The fourth-order valence-electron chi connectivity index (χ4n) is 1.45. The number of rotatable bonds is 3. The van der Waals surface area contributed by atoms with Crippen LogP contribution in [0.5, 0.6) is 0 Å². The number of H-pyrrole nitrogens is 1. The van der Waals surface area contributed by atoms with Crippen molar-refractivity contribution >= 4 is 33.3 Å². The predicted octanol–water partition coefficient (Wildman–Crippen LogP) is 0.254. The van der Waals surface area contributed by atoms with Gasteiger partial charge in [-0.2, -0.15) is 4.98 Å². The van der Waals surface area contributed by atoms with E-state index in [2.05, 4.69) is 20.2 Å². The molecular weight excluding hydrogens is 300 g/mol. The van der Waals surface area contributed by atoms with Gasteiger partial charge in [0.1, 0.15) is 15.8 Å². The van der Waals surface area contributed by atoms with Crippen molar-refractivity contribution in [3.8, 4) is 0 Å². The minimum atomic E-state index is -4.72. The van der Waals surface area contributed by atoms with Crippen molar-refractivity contribution in [1.29, 1.82) is 0 Å². The Morgan fingerprint density at radius 1 is 1.19 bits per heavy atom. The van der Waals surface area contributed by atoms with E-state index in [4.69, 9.17) is 11.5 Å². The van der Waals surface area contributed by atoms with Gasteiger partial charge in [-0.25, -0.2) is 8.42 Å². The number of aromatic amines is 1. The second-order valence-electron chi connectivity index (χ2n) is 3.81. The van der Waals surface area contributed by atoms with Gasteiger partial charge in [0.15, 0.2) is 11.5 Å². The smallest absolute Gasteiger partial charge is 0.282 e. The number of benzene rings is 1. The van der Waals surface area contributed by atoms with Crippen LogP contribution in [0.3, 0.4) is 0 Å². The third kappa shape index (κ3) is 3.21. The van der Waals surface area contributed by atoms with Crippen LogP contribution in [0.4, 0.5) is 23.1 Å². The van der Waals surface area contributed by atoms with E-state index in [0.29, 0.717) is 0 Å². The number of hydrogen-bond acceptors (Lipinski definition) is 9. The molecule has 2 rings (SSSR count). The quantitative estimate of drug-likeness (QED) is 0.536. The molecule has 0 fully saturated rings. The molecule has 0 bridgehead atoms. The van der Waals surface area contributed by atoms with Gasteiger partial charge in [0.2, 0.25) is 5.95 Å². The van der Waals surface area contributed by atoms with Crippen LogP contribution >= 0.6 is 0 Å². The Hall–Kier alpha value is -2.79. The van der Waals surface area contributed by atoms with E-state index in [1.807, 2.05) is 0 Å². The molecule has 0 saturated heterocycles. The molecule has 110 valence electrons. The lowest BCUT2D eigenvalue weighted by atomic mass is 10.3. The van der Waals surface area contributed by atoms with E-state index in [0.717, 1.165) is 6.07 Å². The van der Waals surface area contributed by atoms with Gasteiger partial charge in [-0.05, 0) is 12.1 Å². The molecular formula is C10H9N6O4S-. The average Bonchev–Trinajstić information content (AvgIpc) is 2.36. The number of aromatic nitrogens is 2. The number of nitrogen functional groups attached to an aromatic ring is 2. The second-order valence-corrected chi connectivity index (χ2v) is 5.15. The zero-order chi connectivity index (χ0) is 15.6. The molecule has 0 saturated carbocycles. The van der Waals surface area contributed by atoms with Crippen LogP contribution in [0.25, 0.3) is 0 Å². The fraction of sp³-hybridized carbons (Fsp3) is 0. The van der Waals surface area contributed by atoms with Crippen LogP contribution in [0.2, 0.25) is 0 Å². The molecule has 0 aliphatic carbocycles. The molecule has 0 radical (unpaired) electrons. The number of nitrogens with zero attached hydrogens (tertiary/aromatic N) is 3. The van der Waals surface area contributed by atoms with Gasteiger partial charge in [-0.15, -0.1) is 10.2 Å². The highest BCUT2D eigenvalue weighted by atomic mass is 32.2. The molecule has 0 unspecified atom stereocenters. The maximum atomic E-state index is 11.6. The Labute approximate surface area is 118 Å². The molecule has 0 aliphatic heterocycles. The highest BCUT2D eigenvalue weighted by Crippen LogP contribution is 2.25. The summed E-state index contributed by atoms with van der Waals surface area (Å²) in [5.74, 6) is -0.471. The zero-order valence-electron chi connectivity index (χ0n) is 10.3. The summed E-state index contributed by atoms with van der Waals surface area (Å²) in [6.45, 7) is 0. The van der Waals surface area contributed by atoms with E-state index >= 15 is 0 Å². The van der Waals surface area contributed by atoms with Crippen LogP contribution in [0.1, 0.15) is 0 Å². The Morgan fingerprint density at radius 2 is 1.86 bits per heavy atom. The molecule has 21 heavy (non-hydrogen) atoms. The van der Waals surface area contributed by atoms with Crippen molar-refractivity contribution in [1.82, 2.24) is 9.97 Å². The van der Waals surface area contributed by atoms with E-state index in [1.54, 1.807) is 0 Å². The molecule has 0 spiro atoms. The molecule has 10 nitrogen and oxygen atoms in total. The maximum absolute atomic E-state index is 11.6. The van der Waals surface area contributed by atoms with Crippen LogP contribution in [0, 0.1) is 0 Å². The average molecular weight is 309 g/mol. The highest BCUT2D eigenvalue weighted by Gasteiger charge is 2.10. The molecule has 0 amide bonds. The molecule has 0 atom stereocenters. The van der Waals surface area contributed by atoms with Gasteiger partial charge in [0, 0.05) is 0 Å². The minimum absolute atomic E-state index is 0.195. The first kappa shape index (κ1) is 14.6. The lowest BCUT2D eigenvalue weighted by molar-refractivity contribution is 0.463. The monoisotopic (exact) mass is 309 g/mol. The number of hydrogen-bond donors (Lipinski definition) is 3. The lowest BCUT2D eigenvalue weighted by Gasteiger charge is -2.08. The zero-order valence-corrected chi connectivity index (χ0v) is 11.2. The minimum Gasteiger partial charge on any atom is -0.744 e. The molecule has 0 aliphatic rings. The van der Waals surface area contributed by atoms with Crippen molar-refractivity contribution in [3.05, 3.63) is 34.6 Å². The largest absolute Gasteiger partial charge is 0.744 e. The summed E-state index contributed by atoms with van der Waals surface area (Å²) in [6.07, 6.45) is 0. The predicted molar refractivity (Wildman–Crippen MR) is 72.3 cm³/mol. The molecule has 2 aromatic rings. The van der Waals surface area contributed by atoms with Crippen LogP contribution < -0.4 is 17.0 Å². The van der Waals surface area contributed by atoms with Crippen molar-refractivity contribution < 1.29 is 13.0 Å². The number of nitrogens with two attached hydrogens (primary N) is 2. The first-order valence-electron chi connectivity index (χ1n) is 5.41. The number of anilines is 2. The second kappa shape index (κ2) is 5.30. The Balaban J connectivity index is 2.52. The maximum Gasteiger partial charge on any atom is 0.282 e. The third-order valence-electron chi connectivity index (χ3n) is 2.33.